The fourth-order valence-electron chi connectivity index (χ4n) is 1.99. The molecule has 3 N–H and O–H groups in total. The van der Waals surface area contributed by atoms with Gasteiger partial charge in [0.2, 0.25) is 0 Å². The molecule has 8 nitrogen and oxygen atoms in total. The van der Waals surface area contributed by atoms with E-state index >= 15 is 0 Å². The van der Waals surface area contributed by atoms with Crippen molar-refractivity contribution in [3.63, 3.8) is 0 Å². The summed E-state index contributed by atoms with van der Waals surface area (Å²) in [6, 6.07) is 7.20. The van der Waals surface area contributed by atoms with Gasteiger partial charge in [-0.05, 0) is 24.6 Å². The van der Waals surface area contributed by atoms with Gasteiger partial charge in [-0.2, -0.15) is 5.10 Å². The van der Waals surface area contributed by atoms with Crippen LogP contribution in [0.25, 0.3) is 0 Å². The standard InChI is InChI=1S/C14H19N7O/c1-2-20(9-10-21-8-7-16-19-21)13-5-3-12(4-6-13)11-17-18-14(15)22/h3-8,11H,2,9-10H2,1H3,(H3,15,18,22). The number of benzene rings is 1. The number of carbonyl (C=O) groups is 1. The number of rotatable bonds is 7. The normalized spacial score (nSPS) is 10.8. The Bertz CT molecular complexity index is 607. The predicted octanol–water partition coefficient (Wildman–Crippen LogP) is 0.807. The predicted molar refractivity (Wildman–Crippen MR) is 84.7 cm³/mol. The van der Waals surface area contributed by atoms with Gasteiger partial charge in [-0.3, -0.25) is 4.68 Å². The molecule has 0 radical (unpaired) electrons. The van der Waals surface area contributed by atoms with Crippen LogP contribution in [0.1, 0.15) is 12.5 Å². The van der Waals surface area contributed by atoms with Gasteiger partial charge in [0, 0.05) is 25.0 Å². The zero-order valence-corrected chi connectivity index (χ0v) is 12.4. The Hall–Kier alpha value is -2.90. The minimum absolute atomic E-state index is 0.682. The number of nitrogens with one attached hydrogen (secondary N) is 1. The number of hydrogen-bond acceptors (Lipinski definition) is 5. The summed E-state index contributed by atoms with van der Waals surface area (Å²) < 4.78 is 1.80. The summed E-state index contributed by atoms with van der Waals surface area (Å²) in [6.45, 7) is 4.62. The van der Waals surface area contributed by atoms with Gasteiger partial charge >= 0.3 is 6.03 Å². The average Bonchev–Trinajstić information content (AvgIpc) is 3.02. The van der Waals surface area contributed by atoms with Gasteiger partial charge in [0.25, 0.3) is 0 Å². The van der Waals surface area contributed by atoms with Crippen LogP contribution >= 0.6 is 0 Å². The summed E-state index contributed by atoms with van der Waals surface area (Å²) in [4.78, 5) is 12.8. The second-order valence-electron chi connectivity index (χ2n) is 4.57. The third-order valence-electron chi connectivity index (χ3n) is 3.10. The number of hydrogen-bond donors (Lipinski definition) is 2. The second-order valence-corrected chi connectivity index (χ2v) is 4.57. The van der Waals surface area contributed by atoms with Crippen LogP contribution in [0.3, 0.4) is 0 Å². The fourth-order valence-corrected chi connectivity index (χ4v) is 1.99. The van der Waals surface area contributed by atoms with Crippen LogP contribution in [0.15, 0.2) is 41.8 Å². The maximum atomic E-state index is 10.5. The number of primary amides is 1. The van der Waals surface area contributed by atoms with E-state index in [1.807, 2.05) is 30.5 Å². The minimum atomic E-state index is -0.682. The van der Waals surface area contributed by atoms with Gasteiger partial charge in [-0.1, -0.05) is 17.3 Å². The average molecular weight is 301 g/mol. The number of nitrogens with zero attached hydrogens (tertiary/aromatic N) is 5. The molecule has 0 aliphatic heterocycles. The summed E-state index contributed by atoms with van der Waals surface area (Å²) in [6.07, 6.45) is 5.06. The largest absolute Gasteiger partial charge is 0.370 e. The molecule has 0 unspecified atom stereocenters. The molecule has 116 valence electrons. The lowest BCUT2D eigenvalue weighted by Gasteiger charge is -2.23. The molecular formula is C14H19N7O. The first kappa shape index (κ1) is 15.5. The Kier molecular flexibility index (Phi) is 5.47. The molecule has 2 aromatic rings. The van der Waals surface area contributed by atoms with Crippen molar-refractivity contribution in [1.29, 1.82) is 0 Å². The molecular weight excluding hydrogens is 282 g/mol. The number of urea groups is 1. The molecule has 8 heteroatoms. The van der Waals surface area contributed by atoms with E-state index in [2.05, 4.69) is 32.7 Å². The lowest BCUT2D eigenvalue weighted by Crippen LogP contribution is -2.27. The third kappa shape index (κ3) is 4.58. The molecule has 0 spiro atoms. The SMILES string of the molecule is CCN(CCn1ccnn1)c1ccc(C=NNC(N)=O)cc1. The number of nitrogens with two attached hydrogens (primary N) is 1. The highest BCUT2D eigenvalue weighted by atomic mass is 16.2. The molecule has 1 aromatic carbocycles. The monoisotopic (exact) mass is 301 g/mol. The maximum absolute atomic E-state index is 10.5. The highest BCUT2D eigenvalue weighted by Gasteiger charge is 2.04. The molecule has 1 aromatic heterocycles. The van der Waals surface area contributed by atoms with Crippen molar-refractivity contribution in [2.75, 3.05) is 18.0 Å². The van der Waals surface area contributed by atoms with E-state index in [9.17, 15) is 4.79 Å². The first-order valence-corrected chi connectivity index (χ1v) is 6.96. The Morgan fingerprint density at radius 2 is 2.23 bits per heavy atom. The third-order valence-corrected chi connectivity index (χ3v) is 3.10. The van der Waals surface area contributed by atoms with Gasteiger partial charge in [0.1, 0.15) is 0 Å². The Labute approximate surface area is 128 Å². The molecule has 2 amide bonds. The van der Waals surface area contributed by atoms with Crippen molar-refractivity contribution < 1.29 is 4.79 Å². The van der Waals surface area contributed by atoms with Crippen LogP contribution in [0.4, 0.5) is 10.5 Å². The number of hydrazone groups is 1. The van der Waals surface area contributed by atoms with E-state index in [0.29, 0.717) is 0 Å². The molecule has 0 fully saturated rings. The molecule has 0 saturated heterocycles. The molecule has 0 atom stereocenters. The quantitative estimate of drug-likeness (QED) is 0.583. The summed E-state index contributed by atoms with van der Waals surface area (Å²) in [5.41, 5.74) is 9.08. The van der Waals surface area contributed by atoms with Gasteiger partial charge in [0.05, 0.1) is 19.0 Å². The highest BCUT2D eigenvalue weighted by molar-refractivity contribution is 5.82. The molecule has 2 rings (SSSR count). The maximum Gasteiger partial charge on any atom is 0.332 e. The highest BCUT2D eigenvalue weighted by Crippen LogP contribution is 2.14. The number of aromatic nitrogens is 3. The lowest BCUT2D eigenvalue weighted by molar-refractivity contribution is 0.249. The fraction of sp³-hybridized carbons (Fsp3) is 0.286. The van der Waals surface area contributed by atoms with Gasteiger partial charge in [-0.25, -0.2) is 10.2 Å². The summed E-state index contributed by atoms with van der Waals surface area (Å²) >= 11 is 0. The minimum Gasteiger partial charge on any atom is -0.370 e. The Morgan fingerprint density at radius 1 is 1.45 bits per heavy atom. The topological polar surface area (TPSA) is 101 Å². The van der Waals surface area contributed by atoms with E-state index in [1.165, 1.54) is 0 Å². The van der Waals surface area contributed by atoms with Crippen molar-refractivity contribution in [2.24, 2.45) is 10.8 Å². The molecule has 0 aliphatic rings. The van der Waals surface area contributed by atoms with Crippen LogP contribution < -0.4 is 16.1 Å². The van der Waals surface area contributed by atoms with Crippen LogP contribution in [-0.4, -0.2) is 40.3 Å². The van der Waals surface area contributed by atoms with Crippen LogP contribution in [0, 0.1) is 0 Å². The zero-order chi connectivity index (χ0) is 15.8. The van der Waals surface area contributed by atoms with Crippen molar-refractivity contribution in [1.82, 2.24) is 20.4 Å². The number of amides is 2. The lowest BCUT2D eigenvalue weighted by atomic mass is 10.2. The van der Waals surface area contributed by atoms with E-state index in [4.69, 9.17) is 5.73 Å². The second kappa shape index (κ2) is 7.77. The zero-order valence-electron chi connectivity index (χ0n) is 12.4. The smallest absolute Gasteiger partial charge is 0.332 e. The Morgan fingerprint density at radius 3 is 2.82 bits per heavy atom. The van der Waals surface area contributed by atoms with E-state index in [0.717, 1.165) is 30.9 Å². The molecule has 0 saturated carbocycles. The van der Waals surface area contributed by atoms with Crippen molar-refractivity contribution in [3.8, 4) is 0 Å². The van der Waals surface area contributed by atoms with E-state index in [1.54, 1.807) is 17.1 Å². The number of anilines is 1. The molecule has 22 heavy (non-hydrogen) atoms. The summed E-state index contributed by atoms with van der Waals surface area (Å²) in [5, 5.41) is 11.5. The van der Waals surface area contributed by atoms with Crippen LogP contribution in [-0.2, 0) is 6.54 Å². The van der Waals surface area contributed by atoms with Gasteiger partial charge < -0.3 is 10.6 Å². The number of carbonyl (C=O) groups excluding carboxylic acids is 1. The molecule has 0 bridgehead atoms. The van der Waals surface area contributed by atoms with Crippen molar-refractivity contribution >= 4 is 17.9 Å². The first-order valence-electron chi connectivity index (χ1n) is 6.96. The van der Waals surface area contributed by atoms with Crippen LogP contribution in [0.5, 0.6) is 0 Å². The van der Waals surface area contributed by atoms with Gasteiger partial charge in [-0.15, -0.1) is 5.10 Å². The van der Waals surface area contributed by atoms with E-state index in [-0.39, 0.29) is 0 Å². The molecule has 1 heterocycles. The molecule has 0 aliphatic carbocycles. The Balaban J connectivity index is 1.94. The van der Waals surface area contributed by atoms with Gasteiger partial charge in [0.15, 0.2) is 0 Å². The summed E-state index contributed by atoms with van der Waals surface area (Å²) in [7, 11) is 0. The first-order chi connectivity index (χ1) is 10.7. The van der Waals surface area contributed by atoms with Crippen LogP contribution in [0.2, 0.25) is 0 Å². The number of likely N-dealkylation sites (N-methyl/N-ethyl adjacent to an activating group) is 1. The van der Waals surface area contributed by atoms with Crippen molar-refractivity contribution in [3.05, 3.63) is 42.2 Å². The summed E-state index contributed by atoms with van der Waals surface area (Å²) in [5.74, 6) is 0. The van der Waals surface area contributed by atoms with E-state index < -0.39 is 6.03 Å². The van der Waals surface area contributed by atoms with Crippen molar-refractivity contribution in [2.45, 2.75) is 13.5 Å².